The Morgan fingerprint density at radius 1 is 0.902 bits per heavy atom. The van der Waals surface area contributed by atoms with Gasteiger partial charge in [-0.2, -0.15) is 0 Å². The number of aryl methyl sites for hydroxylation is 3. The van der Waals surface area contributed by atoms with Gasteiger partial charge in [0.1, 0.15) is 12.6 Å². The number of hydrogen-bond acceptors (Lipinski definition) is 4. The molecule has 7 nitrogen and oxygen atoms in total. The molecule has 3 rings (SSSR count). The van der Waals surface area contributed by atoms with Gasteiger partial charge in [0.2, 0.25) is 11.8 Å². The fourth-order valence-corrected chi connectivity index (χ4v) is 6.02. The lowest BCUT2D eigenvalue weighted by atomic mass is 10.1. The van der Waals surface area contributed by atoms with Crippen LogP contribution < -0.4 is 9.62 Å². The molecule has 0 unspecified atom stereocenters. The zero-order chi connectivity index (χ0) is 30.3. The van der Waals surface area contributed by atoms with Crippen molar-refractivity contribution in [3.05, 3.63) is 94.0 Å². The highest BCUT2D eigenvalue weighted by atomic mass is 35.5. The average Bonchev–Trinajstić information content (AvgIpc) is 2.94. The molecule has 0 saturated carbocycles. The third kappa shape index (κ3) is 7.89. The number of carbonyl (C=O) groups is 2. The van der Waals surface area contributed by atoms with Crippen LogP contribution in [0.2, 0.25) is 5.02 Å². The van der Waals surface area contributed by atoms with Crippen molar-refractivity contribution < 1.29 is 18.0 Å². The van der Waals surface area contributed by atoms with Crippen molar-refractivity contribution in [1.82, 2.24) is 10.2 Å². The number of anilines is 1. The predicted octanol–water partition coefficient (Wildman–Crippen LogP) is 6.18. The summed E-state index contributed by atoms with van der Waals surface area (Å²) in [6.45, 7) is 11.0. The van der Waals surface area contributed by atoms with Gasteiger partial charge in [0, 0.05) is 17.6 Å². The van der Waals surface area contributed by atoms with Crippen LogP contribution in [0.3, 0.4) is 0 Å². The Morgan fingerprint density at radius 2 is 1.56 bits per heavy atom. The zero-order valence-corrected chi connectivity index (χ0v) is 26.2. The molecular formula is C32H40ClN3O4S. The molecule has 2 amide bonds. The van der Waals surface area contributed by atoms with Gasteiger partial charge >= 0.3 is 0 Å². The number of hydrogen-bond donors (Lipinski definition) is 1. The van der Waals surface area contributed by atoms with E-state index in [9.17, 15) is 18.0 Å². The van der Waals surface area contributed by atoms with Crippen LogP contribution in [0.25, 0.3) is 0 Å². The lowest BCUT2D eigenvalue weighted by Crippen LogP contribution is -2.53. The molecule has 0 heterocycles. The summed E-state index contributed by atoms with van der Waals surface area (Å²) in [5, 5.41) is 3.44. The second-order valence-electron chi connectivity index (χ2n) is 10.4. The standard InChI is InChI=1S/C32H40ClN3O4S/c1-7-25(6)34-32(38)30(8-2)35(20-26-11-9-10-12-29(26)33)31(37)21-36(27-16-15-23(4)24(5)19-27)41(39,40)28-17-13-22(3)14-18-28/h9-19,25,30H,7-8,20-21H2,1-6H3,(H,34,38)/t25-,30-/m0/s1. The number of benzene rings is 3. The minimum atomic E-state index is -4.13. The van der Waals surface area contributed by atoms with E-state index < -0.39 is 28.5 Å². The molecule has 0 radical (unpaired) electrons. The third-order valence-electron chi connectivity index (χ3n) is 7.35. The number of nitrogens with one attached hydrogen (secondary N) is 1. The summed E-state index contributed by atoms with van der Waals surface area (Å²) in [5.41, 5.74) is 3.85. The van der Waals surface area contributed by atoms with Crippen LogP contribution in [0.15, 0.2) is 71.6 Å². The summed E-state index contributed by atoms with van der Waals surface area (Å²) in [4.78, 5) is 29.1. The fraction of sp³-hybridized carbons (Fsp3) is 0.375. The number of rotatable bonds is 12. The Kier molecular flexibility index (Phi) is 11.0. The average molecular weight is 598 g/mol. The first-order valence-corrected chi connectivity index (χ1v) is 15.7. The molecular weight excluding hydrogens is 558 g/mol. The molecule has 0 fully saturated rings. The van der Waals surface area contributed by atoms with Crippen molar-refractivity contribution in [2.45, 2.75) is 77.9 Å². The lowest BCUT2D eigenvalue weighted by Gasteiger charge is -2.34. The van der Waals surface area contributed by atoms with Crippen LogP contribution >= 0.6 is 11.6 Å². The van der Waals surface area contributed by atoms with Crippen molar-refractivity contribution in [3.63, 3.8) is 0 Å². The maximum atomic E-state index is 14.2. The second kappa shape index (κ2) is 14.0. The van der Waals surface area contributed by atoms with Crippen molar-refractivity contribution in [3.8, 4) is 0 Å². The molecule has 220 valence electrons. The van der Waals surface area contributed by atoms with E-state index in [1.165, 1.54) is 4.90 Å². The topological polar surface area (TPSA) is 86.8 Å². The predicted molar refractivity (Wildman–Crippen MR) is 166 cm³/mol. The van der Waals surface area contributed by atoms with Gasteiger partial charge in [0.25, 0.3) is 10.0 Å². The fourth-order valence-electron chi connectivity index (χ4n) is 4.42. The van der Waals surface area contributed by atoms with Crippen LogP contribution in [-0.2, 0) is 26.2 Å². The normalized spacial score (nSPS) is 12.9. The molecule has 41 heavy (non-hydrogen) atoms. The molecule has 0 spiro atoms. The van der Waals surface area contributed by atoms with Crippen LogP contribution in [0.1, 0.15) is 55.9 Å². The molecule has 2 atom stereocenters. The van der Waals surface area contributed by atoms with Gasteiger partial charge in [0.05, 0.1) is 10.6 Å². The number of amides is 2. The molecule has 3 aromatic rings. The molecule has 0 aromatic heterocycles. The number of carbonyl (C=O) groups excluding carboxylic acids is 2. The van der Waals surface area contributed by atoms with Gasteiger partial charge < -0.3 is 10.2 Å². The SMILES string of the molecule is CC[C@H](C)NC(=O)[C@H](CC)N(Cc1ccccc1Cl)C(=O)CN(c1ccc(C)c(C)c1)S(=O)(=O)c1ccc(C)cc1. The molecule has 0 bridgehead atoms. The number of sulfonamides is 1. The van der Waals surface area contributed by atoms with E-state index in [0.717, 1.165) is 27.4 Å². The minimum absolute atomic E-state index is 0.0519. The van der Waals surface area contributed by atoms with E-state index in [-0.39, 0.29) is 23.4 Å². The van der Waals surface area contributed by atoms with Crippen LogP contribution in [-0.4, -0.2) is 43.8 Å². The summed E-state index contributed by atoms with van der Waals surface area (Å²) in [6.07, 6.45) is 1.07. The van der Waals surface area contributed by atoms with Crippen molar-refractivity contribution in [2.75, 3.05) is 10.8 Å². The summed E-state index contributed by atoms with van der Waals surface area (Å²) in [6, 6.07) is 18.1. The highest BCUT2D eigenvalue weighted by Gasteiger charge is 2.34. The molecule has 0 saturated heterocycles. The van der Waals surface area contributed by atoms with Crippen molar-refractivity contribution >= 4 is 39.1 Å². The largest absolute Gasteiger partial charge is 0.352 e. The Bertz CT molecular complexity index is 1470. The quantitative estimate of drug-likeness (QED) is 0.270. The first kappa shape index (κ1) is 32.2. The van der Waals surface area contributed by atoms with Gasteiger partial charge in [0.15, 0.2) is 0 Å². The lowest BCUT2D eigenvalue weighted by molar-refractivity contribution is -0.140. The van der Waals surface area contributed by atoms with Crippen molar-refractivity contribution in [1.29, 1.82) is 0 Å². The van der Waals surface area contributed by atoms with Gasteiger partial charge in [-0.25, -0.2) is 8.42 Å². The number of halogens is 1. The van der Waals surface area contributed by atoms with Gasteiger partial charge in [-0.1, -0.05) is 67.4 Å². The van der Waals surface area contributed by atoms with Gasteiger partial charge in [-0.3, -0.25) is 13.9 Å². The smallest absolute Gasteiger partial charge is 0.264 e. The summed E-state index contributed by atoms with van der Waals surface area (Å²) in [5.74, 6) is -0.800. The molecule has 1 N–H and O–H groups in total. The first-order chi connectivity index (χ1) is 19.4. The molecule has 9 heteroatoms. The third-order valence-corrected chi connectivity index (χ3v) is 9.51. The van der Waals surface area contributed by atoms with E-state index in [0.29, 0.717) is 22.7 Å². The van der Waals surface area contributed by atoms with E-state index >= 15 is 0 Å². The highest BCUT2D eigenvalue weighted by molar-refractivity contribution is 7.92. The Balaban J connectivity index is 2.10. The van der Waals surface area contributed by atoms with E-state index in [1.807, 2.05) is 53.7 Å². The first-order valence-electron chi connectivity index (χ1n) is 13.9. The van der Waals surface area contributed by atoms with Gasteiger partial charge in [-0.15, -0.1) is 0 Å². The second-order valence-corrected chi connectivity index (χ2v) is 12.7. The zero-order valence-electron chi connectivity index (χ0n) is 24.6. The Labute approximate surface area is 249 Å². The van der Waals surface area contributed by atoms with E-state index in [2.05, 4.69) is 5.32 Å². The van der Waals surface area contributed by atoms with Crippen LogP contribution in [0.5, 0.6) is 0 Å². The van der Waals surface area contributed by atoms with Gasteiger partial charge in [-0.05, 0) is 87.6 Å². The Hall–Kier alpha value is -3.36. The van der Waals surface area contributed by atoms with Crippen LogP contribution in [0, 0.1) is 20.8 Å². The summed E-state index contributed by atoms with van der Waals surface area (Å²) >= 11 is 6.46. The Morgan fingerprint density at radius 3 is 2.15 bits per heavy atom. The van der Waals surface area contributed by atoms with E-state index in [4.69, 9.17) is 11.6 Å². The van der Waals surface area contributed by atoms with E-state index in [1.54, 1.807) is 54.6 Å². The number of nitrogens with zero attached hydrogens (tertiary/aromatic N) is 2. The summed E-state index contributed by atoms with van der Waals surface area (Å²) < 4.78 is 29.2. The molecule has 0 aliphatic heterocycles. The highest BCUT2D eigenvalue weighted by Crippen LogP contribution is 2.27. The monoisotopic (exact) mass is 597 g/mol. The van der Waals surface area contributed by atoms with Crippen LogP contribution in [0.4, 0.5) is 5.69 Å². The maximum Gasteiger partial charge on any atom is 0.264 e. The maximum absolute atomic E-state index is 14.2. The summed E-state index contributed by atoms with van der Waals surface area (Å²) in [7, 11) is -4.13. The molecule has 0 aliphatic rings. The molecule has 0 aliphatic carbocycles. The molecule has 3 aromatic carbocycles. The minimum Gasteiger partial charge on any atom is -0.352 e. The van der Waals surface area contributed by atoms with Crippen molar-refractivity contribution in [2.24, 2.45) is 0 Å².